The Morgan fingerprint density at radius 2 is 1.79 bits per heavy atom. The molecule has 3 rings (SSSR count). The molecular weight excluding hydrogens is 371 g/mol. The van der Waals surface area contributed by atoms with Crippen molar-refractivity contribution in [1.29, 1.82) is 0 Å². The number of aryl methyl sites for hydroxylation is 2. The van der Waals surface area contributed by atoms with Gasteiger partial charge < -0.3 is 15.0 Å². The number of likely N-dealkylation sites (tertiary alicyclic amines) is 1. The predicted octanol–water partition coefficient (Wildman–Crippen LogP) is 3.55. The van der Waals surface area contributed by atoms with Gasteiger partial charge in [-0.2, -0.15) is 0 Å². The molecule has 2 amide bonds. The zero-order valence-electron chi connectivity index (χ0n) is 17.1. The number of hydrogen-bond donors (Lipinski definition) is 1. The summed E-state index contributed by atoms with van der Waals surface area (Å²) in [7, 11) is 0. The molecule has 29 heavy (non-hydrogen) atoms. The molecule has 0 aliphatic carbocycles. The Morgan fingerprint density at radius 3 is 2.48 bits per heavy atom. The van der Waals surface area contributed by atoms with E-state index in [0.717, 1.165) is 22.4 Å². The Morgan fingerprint density at radius 1 is 1.10 bits per heavy atom. The molecule has 1 aliphatic rings. The lowest BCUT2D eigenvalue weighted by atomic mass is 10.0. The molecule has 1 saturated heterocycles. The van der Waals surface area contributed by atoms with Crippen LogP contribution in [0.4, 0.5) is 4.39 Å². The number of piperidine rings is 1. The first-order valence-corrected chi connectivity index (χ1v) is 9.89. The molecule has 0 atom stereocenters. The van der Waals surface area contributed by atoms with Crippen LogP contribution in [0, 0.1) is 26.6 Å². The van der Waals surface area contributed by atoms with E-state index in [-0.39, 0.29) is 24.5 Å². The maximum Gasteiger partial charge on any atom is 0.258 e. The number of amides is 2. The first kappa shape index (κ1) is 20.8. The number of nitrogens with zero attached hydrogens (tertiary/aromatic N) is 1. The number of hydrogen-bond acceptors (Lipinski definition) is 3. The highest BCUT2D eigenvalue weighted by atomic mass is 19.1. The molecule has 0 unspecified atom stereocenters. The second kappa shape index (κ2) is 9.07. The molecule has 1 N–H and O–H groups in total. The Kier molecular flexibility index (Phi) is 6.52. The van der Waals surface area contributed by atoms with Crippen LogP contribution in [0.2, 0.25) is 0 Å². The summed E-state index contributed by atoms with van der Waals surface area (Å²) in [5, 5.41) is 2.99. The van der Waals surface area contributed by atoms with Gasteiger partial charge in [0.2, 0.25) is 0 Å². The van der Waals surface area contributed by atoms with Gasteiger partial charge in [0, 0.05) is 24.7 Å². The van der Waals surface area contributed by atoms with Crippen LogP contribution < -0.4 is 10.1 Å². The van der Waals surface area contributed by atoms with Crippen molar-refractivity contribution in [2.24, 2.45) is 0 Å². The third-order valence-corrected chi connectivity index (χ3v) is 5.44. The number of carbonyl (C=O) groups is 2. The topological polar surface area (TPSA) is 58.6 Å². The molecule has 0 saturated carbocycles. The molecule has 0 aromatic heterocycles. The number of carbonyl (C=O) groups excluding carboxylic acids is 2. The molecule has 1 aliphatic heterocycles. The van der Waals surface area contributed by atoms with E-state index in [2.05, 4.69) is 5.32 Å². The molecule has 5 nitrogen and oxygen atoms in total. The van der Waals surface area contributed by atoms with E-state index in [9.17, 15) is 14.0 Å². The van der Waals surface area contributed by atoms with Gasteiger partial charge in [0.15, 0.2) is 6.61 Å². The highest BCUT2D eigenvalue weighted by molar-refractivity contribution is 5.94. The van der Waals surface area contributed by atoms with Crippen LogP contribution in [-0.4, -0.2) is 42.5 Å². The van der Waals surface area contributed by atoms with Gasteiger partial charge >= 0.3 is 0 Å². The Hall–Kier alpha value is -2.89. The van der Waals surface area contributed by atoms with E-state index in [4.69, 9.17) is 4.74 Å². The summed E-state index contributed by atoms with van der Waals surface area (Å²) in [6.45, 7) is 6.98. The van der Waals surface area contributed by atoms with E-state index in [0.29, 0.717) is 31.5 Å². The molecule has 0 spiro atoms. The molecule has 1 fully saturated rings. The van der Waals surface area contributed by atoms with Gasteiger partial charge in [-0.1, -0.05) is 18.2 Å². The average Bonchev–Trinajstić information content (AvgIpc) is 2.71. The summed E-state index contributed by atoms with van der Waals surface area (Å²) in [5.41, 5.74) is 3.53. The lowest BCUT2D eigenvalue weighted by Gasteiger charge is -2.32. The van der Waals surface area contributed by atoms with Gasteiger partial charge in [0.25, 0.3) is 11.8 Å². The zero-order valence-corrected chi connectivity index (χ0v) is 17.1. The van der Waals surface area contributed by atoms with E-state index in [1.165, 1.54) is 18.2 Å². The largest absolute Gasteiger partial charge is 0.483 e. The molecule has 6 heteroatoms. The first-order chi connectivity index (χ1) is 13.8. The smallest absolute Gasteiger partial charge is 0.258 e. The second-order valence-corrected chi connectivity index (χ2v) is 7.59. The summed E-state index contributed by atoms with van der Waals surface area (Å²) in [5.74, 6) is -0.00374. The first-order valence-electron chi connectivity index (χ1n) is 9.89. The Bertz CT molecular complexity index is 905. The van der Waals surface area contributed by atoms with Crippen molar-refractivity contribution in [2.75, 3.05) is 19.7 Å². The van der Waals surface area contributed by atoms with Crippen molar-refractivity contribution < 1.29 is 18.7 Å². The van der Waals surface area contributed by atoms with Gasteiger partial charge in [-0.05, 0) is 68.5 Å². The lowest BCUT2D eigenvalue weighted by Crippen LogP contribution is -2.47. The number of rotatable bonds is 5. The third-order valence-electron chi connectivity index (χ3n) is 5.44. The van der Waals surface area contributed by atoms with Gasteiger partial charge in [-0.15, -0.1) is 0 Å². The molecule has 2 aromatic carbocycles. The van der Waals surface area contributed by atoms with Gasteiger partial charge in [-0.25, -0.2) is 4.39 Å². The average molecular weight is 398 g/mol. The van der Waals surface area contributed by atoms with Crippen molar-refractivity contribution in [3.05, 3.63) is 64.5 Å². The minimum atomic E-state index is -0.419. The molecule has 154 valence electrons. The van der Waals surface area contributed by atoms with Crippen LogP contribution in [0.3, 0.4) is 0 Å². The number of benzene rings is 2. The highest BCUT2D eigenvalue weighted by Gasteiger charge is 2.25. The van der Waals surface area contributed by atoms with Gasteiger partial charge in [0.1, 0.15) is 11.6 Å². The van der Waals surface area contributed by atoms with E-state index in [1.54, 1.807) is 11.0 Å². The van der Waals surface area contributed by atoms with E-state index >= 15 is 0 Å². The van der Waals surface area contributed by atoms with E-state index in [1.807, 2.05) is 32.9 Å². The van der Waals surface area contributed by atoms with Crippen LogP contribution in [0.5, 0.6) is 5.75 Å². The minimum absolute atomic E-state index is 0.00219. The quantitative estimate of drug-likeness (QED) is 0.838. The summed E-state index contributed by atoms with van der Waals surface area (Å²) >= 11 is 0. The Labute approximate surface area is 170 Å². The van der Waals surface area contributed by atoms with Crippen LogP contribution in [0.1, 0.15) is 39.9 Å². The van der Waals surface area contributed by atoms with Crippen LogP contribution >= 0.6 is 0 Å². The molecule has 0 radical (unpaired) electrons. The molecule has 1 heterocycles. The fourth-order valence-corrected chi connectivity index (χ4v) is 3.59. The molecular formula is C23H27FN2O3. The van der Waals surface area contributed by atoms with Crippen LogP contribution in [0.25, 0.3) is 0 Å². The maximum atomic E-state index is 13.3. The summed E-state index contributed by atoms with van der Waals surface area (Å²) in [6, 6.07) is 9.75. The van der Waals surface area contributed by atoms with Crippen molar-refractivity contribution in [1.82, 2.24) is 10.2 Å². The number of nitrogens with one attached hydrogen (secondary N) is 1. The molecule has 2 aromatic rings. The normalized spacial score (nSPS) is 14.6. The molecule has 0 bridgehead atoms. The van der Waals surface area contributed by atoms with Crippen molar-refractivity contribution in [3.63, 3.8) is 0 Å². The monoisotopic (exact) mass is 398 g/mol. The summed E-state index contributed by atoms with van der Waals surface area (Å²) < 4.78 is 19.1. The highest BCUT2D eigenvalue weighted by Crippen LogP contribution is 2.25. The lowest BCUT2D eigenvalue weighted by molar-refractivity contribution is -0.124. The van der Waals surface area contributed by atoms with Crippen LogP contribution in [0.15, 0.2) is 36.4 Å². The maximum absolute atomic E-state index is 13.3. The minimum Gasteiger partial charge on any atom is -0.483 e. The van der Waals surface area contributed by atoms with E-state index < -0.39 is 5.82 Å². The SMILES string of the molecule is Cc1ccc(C)c(OCC(=O)NC2CCN(C(=O)c3cccc(F)c3)CC2)c1C. The van der Waals surface area contributed by atoms with Crippen molar-refractivity contribution in [2.45, 2.75) is 39.7 Å². The number of halogens is 1. The Balaban J connectivity index is 1.48. The van der Waals surface area contributed by atoms with Crippen molar-refractivity contribution >= 4 is 11.8 Å². The summed E-state index contributed by atoms with van der Waals surface area (Å²) in [4.78, 5) is 26.5. The fourth-order valence-electron chi connectivity index (χ4n) is 3.59. The van der Waals surface area contributed by atoms with Gasteiger partial charge in [0.05, 0.1) is 0 Å². The second-order valence-electron chi connectivity index (χ2n) is 7.59. The zero-order chi connectivity index (χ0) is 21.0. The number of ether oxygens (including phenoxy) is 1. The van der Waals surface area contributed by atoms with Crippen molar-refractivity contribution in [3.8, 4) is 5.75 Å². The summed E-state index contributed by atoms with van der Waals surface area (Å²) in [6.07, 6.45) is 1.32. The fraction of sp³-hybridized carbons (Fsp3) is 0.391. The van der Waals surface area contributed by atoms with Crippen LogP contribution in [-0.2, 0) is 4.79 Å². The predicted molar refractivity (Wildman–Crippen MR) is 110 cm³/mol. The third kappa shape index (κ3) is 5.13. The standard InChI is InChI=1S/C23H27FN2O3/c1-15-7-8-16(2)22(17(15)3)29-14-21(27)25-20-9-11-26(12-10-20)23(28)18-5-4-6-19(24)13-18/h4-8,13,20H,9-12,14H2,1-3H3,(H,25,27). The van der Waals surface area contributed by atoms with Gasteiger partial charge in [-0.3, -0.25) is 9.59 Å².